The summed E-state index contributed by atoms with van der Waals surface area (Å²) in [5, 5.41) is 3.45. The Morgan fingerprint density at radius 1 is 1.21 bits per heavy atom. The van der Waals surface area contributed by atoms with Crippen LogP contribution in [0.3, 0.4) is 0 Å². The highest BCUT2D eigenvalue weighted by molar-refractivity contribution is 5.59. The maximum absolute atomic E-state index is 14.6. The number of rotatable bonds is 2. The minimum atomic E-state index is -0.206. The summed E-state index contributed by atoms with van der Waals surface area (Å²) in [6, 6.07) is 13.9. The van der Waals surface area contributed by atoms with Gasteiger partial charge in [-0.05, 0) is 37.0 Å². The van der Waals surface area contributed by atoms with E-state index in [4.69, 9.17) is 10.5 Å². The van der Waals surface area contributed by atoms with E-state index in [1.165, 1.54) is 5.56 Å². The number of hydrogen-bond acceptors (Lipinski definition) is 3. The average Bonchev–Trinajstić information content (AvgIpc) is 2.61. The minimum absolute atomic E-state index is 0.0530. The number of nitrogens with two attached hydrogens (primary N) is 1. The molecule has 4 heteroatoms. The number of fused-ring (bicyclic) bond motifs is 3. The number of nitrogens with one attached hydrogen (secondary N) is 1. The number of anilines is 1. The number of ether oxygens (including phenoxy) is 1. The highest BCUT2D eigenvalue weighted by Gasteiger charge is 2.42. The first-order chi connectivity index (χ1) is 11.7. The molecule has 0 saturated carbocycles. The molecule has 1 fully saturated rings. The Labute approximate surface area is 142 Å². The molecular formula is C20H23FN2O. The fourth-order valence-corrected chi connectivity index (χ4v) is 4.12. The first kappa shape index (κ1) is 15.6. The zero-order chi connectivity index (χ0) is 16.7. The second-order valence-corrected chi connectivity index (χ2v) is 6.90. The van der Waals surface area contributed by atoms with Crippen LogP contribution in [0.25, 0.3) is 0 Å². The highest BCUT2D eigenvalue weighted by atomic mass is 19.1. The first-order valence-corrected chi connectivity index (χ1v) is 8.64. The summed E-state index contributed by atoms with van der Waals surface area (Å²) in [6.45, 7) is 2.43. The summed E-state index contributed by atoms with van der Waals surface area (Å²) in [5.74, 6) is 0.0757. The van der Waals surface area contributed by atoms with E-state index >= 15 is 0 Å². The Bertz CT molecular complexity index is 734. The molecule has 4 rings (SSSR count). The Balaban J connectivity index is 1.80. The van der Waals surface area contributed by atoms with Crippen LogP contribution >= 0.6 is 0 Å². The molecule has 1 saturated heterocycles. The first-order valence-electron chi connectivity index (χ1n) is 8.64. The summed E-state index contributed by atoms with van der Waals surface area (Å²) in [5.41, 5.74) is 9.44. The van der Waals surface area contributed by atoms with Crippen molar-refractivity contribution in [3.8, 4) is 0 Å². The lowest BCUT2D eigenvalue weighted by molar-refractivity contribution is -0.0889. The van der Waals surface area contributed by atoms with E-state index < -0.39 is 0 Å². The monoisotopic (exact) mass is 326 g/mol. The molecule has 0 aliphatic carbocycles. The van der Waals surface area contributed by atoms with Crippen molar-refractivity contribution in [2.45, 2.75) is 38.0 Å². The summed E-state index contributed by atoms with van der Waals surface area (Å²) >= 11 is 0. The topological polar surface area (TPSA) is 47.3 Å². The Morgan fingerprint density at radius 3 is 2.75 bits per heavy atom. The van der Waals surface area contributed by atoms with Crippen molar-refractivity contribution in [3.05, 3.63) is 65.0 Å². The smallest absolute Gasteiger partial charge is 0.146 e. The molecule has 24 heavy (non-hydrogen) atoms. The summed E-state index contributed by atoms with van der Waals surface area (Å²) < 4.78 is 20.9. The van der Waals surface area contributed by atoms with Crippen molar-refractivity contribution in [2.24, 2.45) is 11.7 Å². The zero-order valence-corrected chi connectivity index (χ0v) is 13.8. The molecular weight excluding hydrogens is 303 g/mol. The van der Waals surface area contributed by atoms with Crippen LogP contribution in [0.5, 0.6) is 0 Å². The molecule has 2 heterocycles. The normalized spacial score (nSPS) is 28.6. The van der Waals surface area contributed by atoms with Crippen LogP contribution in [0, 0.1) is 18.7 Å². The summed E-state index contributed by atoms with van der Waals surface area (Å²) in [7, 11) is 0. The molecule has 3 nitrogen and oxygen atoms in total. The zero-order valence-electron chi connectivity index (χ0n) is 13.8. The maximum atomic E-state index is 14.6. The fraction of sp³-hybridized carbons (Fsp3) is 0.400. The molecule has 4 atom stereocenters. The van der Waals surface area contributed by atoms with Crippen molar-refractivity contribution >= 4 is 5.69 Å². The van der Waals surface area contributed by atoms with E-state index in [1.54, 1.807) is 6.07 Å². The molecule has 126 valence electrons. The van der Waals surface area contributed by atoms with Crippen molar-refractivity contribution in [3.63, 3.8) is 0 Å². The van der Waals surface area contributed by atoms with E-state index in [9.17, 15) is 4.39 Å². The van der Waals surface area contributed by atoms with Gasteiger partial charge in [0, 0.05) is 18.0 Å². The van der Waals surface area contributed by atoms with Crippen molar-refractivity contribution in [1.29, 1.82) is 0 Å². The molecule has 0 unspecified atom stereocenters. The molecule has 2 aromatic carbocycles. The second kappa shape index (κ2) is 6.19. The third-order valence-corrected chi connectivity index (χ3v) is 5.27. The van der Waals surface area contributed by atoms with Gasteiger partial charge in [-0.25, -0.2) is 4.39 Å². The van der Waals surface area contributed by atoms with Crippen LogP contribution in [0.2, 0.25) is 0 Å². The molecule has 2 aliphatic heterocycles. The quantitative estimate of drug-likeness (QED) is 0.873. The lowest BCUT2D eigenvalue weighted by atomic mass is 9.76. The van der Waals surface area contributed by atoms with Crippen molar-refractivity contribution in [1.82, 2.24) is 0 Å². The predicted molar refractivity (Wildman–Crippen MR) is 93.3 cm³/mol. The minimum Gasteiger partial charge on any atom is -0.375 e. The fourth-order valence-electron chi connectivity index (χ4n) is 4.12. The van der Waals surface area contributed by atoms with Crippen LogP contribution in [0.15, 0.2) is 42.5 Å². The third-order valence-electron chi connectivity index (χ3n) is 5.27. The number of halogens is 1. The lowest BCUT2D eigenvalue weighted by Gasteiger charge is -2.45. The SMILES string of the molecule is Cc1cc(F)c2c(c1)[C@H]1O[C@@H](CN)CC[C@H]1[C@H](c1ccccc1)N2. The maximum Gasteiger partial charge on any atom is 0.146 e. The van der Waals surface area contributed by atoms with Crippen molar-refractivity contribution < 1.29 is 9.13 Å². The third kappa shape index (κ3) is 2.60. The molecule has 2 aliphatic rings. The van der Waals surface area contributed by atoms with Gasteiger partial charge < -0.3 is 15.8 Å². The van der Waals surface area contributed by atoms with Crippen LogP contribution in [0.1, 0.15) is 41.7 Å². The largest absolute Gasteiger partial charge is 0.375 e. The predicted octanol–water partition coefficient (Wildman–Crippen LogP) is 4.10. The van der Waals surface area contributed by atoms with E-state index in [0.717, 1.165) is 24.0 Å². The molecule has 2 aromatic rings. The molecule has 0 bridgehead atoms. The van der Waals surface area contributed by atoms with E-state index in [2.05, 4.69) is 17.4 Å². The van der Waals surface area contributed by atoms with Crippen LogP contribution in [-0.4, -0.2) is 12.6 Å². The Kier molecular flexibility index (Phi) is 4.02. The van der Waals surface area contributed by atoms with Gasteiger partial charge in [0.05, 0.1) is 23.9 Å². The van der Waals surface area contributed by atoms with Gasteiger partial charge in [-0.3, -0.25) is 0 Å². The summed E-state index contributed by atoms with van der Waals surface area (Å²) in [4.78, 5) is 0. The number of hydrogen-bond donors (Lipinski definition) is 2. The van der Waals surface area contributed by atoms with E-state index in [0.29, 0.717) is 12.2 Å². The van der Waals surface area contributed by atoms with Crippen LogP contribution in [0.4, 0.5) is 10.1 Å². The number of aryl methyl sites for hydroxylation is 1. The van der Waals surface area contributed by atoms with Gasteiger partial charge in [0.1, 0.15) is 5.82 Å². The molecule has 0 spiro atoms. The van der Waals surface area contributed by atoms with E-state index in [1.807, 2.05) is 31.2 Å². The van der Waals surface area contributed by atoms with Crippen LogP contribution < -0.4 is 11.1 Å². The van der Waals surface area contributed by atoms with Gasteiger partial charge in [0.15, 0.2) is 0 Å². The lowest BCUT2D eigenvalue weighted by Crippen LogP contribution is -2.41. The van der Waals surface area contributed by atoms with Gasteiger partial charge in [-0.15, -0.1) is 0 Å². The molecule has 0 aromatic heterocycles. The van der Waals surface area contributed by atoms with Crippen molar-refractivity contribution in [2.75, 3.05) is 11.9 Å². The Hall–Kier alpha value is -1.91. The molecule has 3 N–H and O–H groups in total. The van der Waals surface area contributed by atoms with Gasteiger partial charge >= 0.3 is 0 Å². The molecule has 0 amide bonds. The number of benzene rings is 2. The molecule has 0 radical (unpaired) electrons. The van der Waals surface area contributed by atoms with Gasteiger partial charge in [0.2, 0.25) is 0 Å². The van der Waals surface area contributed by atoms with Crippen LogP contribution in [-0.2, 0) is 4.74 Å². The average molecular weight is 326 g/mol. The summed E-state index contributed by atoms with van der Waals surface area (Å²) in [6.07, 6.45) is 1.92. The van der Waals surface area contributed by atoms with Gasteiger partial charge in [0.25, 0.3) is 0 Å². The second-order valence-electron chi connectivity index (χ2n) is 6.90. The Morgan fingerprint density at radius 2 is 2.00 bits per heavy atom. The standard InChI is InChI=1S/C20H23FN2O/c1-12-9-16-19(17(21)10-12)23-18(13-5-3-2-4-6-13)15-8-7-14(11-22)24-20(15)16/h2-6,9-10,14-15,18,20,23H,7-8,11,22H2,1H3/t14-,15+,18+,20+/m1/s1. The van der Waals surface area contributed by atoms with E-state index in [-0.39, 0.29) is 30.0 Å². The van der Waals surface area contributed by atoms with Gasteiger partial charge in [-0.1, -0.05) is 36.4 Å². The van der Waals surface area contributed by atoms with Gasteiger partial charge in [-0.2, -0.15) is 0 Å². The highest BCUT2D eigenvalue weighted by Crippen LogP contribution is 2.50.